The number of allylic oxidation sites excluding steroid dienone is 2. The van der Waals surface area contributed by atoms with Gasteiger partial charge in [0.2, 0.25) is 0 Å². The number of alkyl halides is 1. The van der Waals surface area contributed by atoms with E-state index in [0.717, 1.165) is 31.4 Å². The fourth-order valence-electron chi connectivity index (χ4n) is 4.06. The van der Waals surface area contributed by atoms with E-state index in [1.54, 1.807) is 24.3 Å². The van der Waals surface area contributed by atoms with E-state index in [1.807, 2.05) is 6.07 Å². The van der Waals surface area contributed by atoms with Crippen molar-refractivity contribution in [2.45, 2.75) is 25.7 Å². The molecule has 0 amide bonds. The number of H-pyrrole nitrogens is 1. The molecule has 0 atom stereocenters. The molecule has 0 fully saturated rings. The third-order valence-corrected chi connectivity index (χ3v) is 5.59. The van der Waals surface area contributed by atoms with Gasteiger partial charge in [0.1, 0.15) is 12.4 Å². The lowest BCUT2D eigenvalue weighted by atomic mass is 10.0. The minimum atomic E-state index is -0.515. The lowest BCUT2D eigenvalue weighted by molar-refractivity contribution is 0.201. The van der Waals surface area contributed by atoms with Gasteiger partial charge in [0.15, 0.2) is 11.3 Å². The molecule has 5 nitrogen and oxygen atoms in total. The first-order valence-electron chi connectivity index (χ1n) is 10.6. The maximum Gasteiger partial charge on any atom is 0.417 e. The van der Waals surface area contributed by atoms with Gasteiger partial charge in [-0.2, -0.15) is 0 Å². The second-order valence-electron chi connectivity index (χ2n) is 7.72. The van der Waals surface area contributed by atoms with E-state index >= 15 is 0 Å². The molecular weight excluding hydrogens is 402 g/mol. The summed E-state index contributed by atoms with van der Waals surface area (Å²) >= 11 is 0. The topological polar surface area (TPSA) is 58.5 Å². The zero-order chi connectivity index (χ0) is 21.6. The summed E-state index contributed by atoms with van der Waals surface area (Å²) in [6.45, 7) is 2.12. The number of benzene rings is 2. The van der Waals surface area contributed by atoms with Crippen molar-refractivity contribution in [3.63, 3.8) is 0 Å². The first-order valence-corrected chi connectivity index (χ1v) is 10.6. The van der Waals surface area contributed by atoms with E-state index in [-0.39, 0.29) is 12.5 Å². The maximum atomic E-state index is 13.6. The molecule has 3 aromatic rings. The highest BCUT2D eigenvalue weighted by atomic mass is 19.1. The molecule has 0 saturated carbocycles. The molecule has 1 aliphatic carbocycles. The summed E-state index contributed by atoms with van der Waals surface area (Å²) in [5.74, 6) is -0.212. The number of nitrogens with one attached hydrogen (secondary N) is 1. The normalized spacial score (nSPS) is 13.1. The van der Waals surface area contributed by atoms with Gasteiger partial charge >= 0.3 is 5.76 Å². The van der Waals surface area contributed by atoms with Crippen molar-refractivity contribution < 1.29 is 17.9 Å². The third kappa shape index (κ3) is 5.22. The highest BCUT2D eigenvalue weighted by molar-refractivity contribution is 5.78. The first kappa shape index (κ1) is 21.3. The second-order valence-corrected chi connectivity index (χ2v) is 7.72. The Kier molecular flexibility index (Phi) is 6.82. The fraction of sp³-hybridized carbons (Fsp3) is 0.375. The Hall–Kier alpha value is -2.93. The van der Waals surface area contributed by atoms with Crippen LogP contribution in [0.25, 0.3) is 16.7 Å². The molecule has 1 aromatic heterocycles. The number of aromatic nitrogens is 1. The van der Waals surface area contributed by atoms with Crippen LogP contribution >= 0.6 is 0 Å². The maximum absolute atomic E-state index is 13.6. The van der Waals surface area contributed by atoms with E-state index in [0.29, 0.717) is 43.0 Å². The number of aromatic amines is 1. The van der Waals surface area contributed by atoms with E-state index in [4.69, 9.17) is 9.15 Å². The molecule has 2 aromatic carbocycles. The van der Waals surface area contributed by atoms with Gasteiger partial charge in [-0.1, -0.05) is 18.2 Å². The number of rotatable bonds is 11. The van der Waals surface area contributed by atoms with Crippen LogP contribution in [0.5, 0.6) is 5.75 Å². The highest BCUT2D eigenvalue weighted by Crippen LogP contribution is 2.31. The molecule has 0 spiro atoms. The summed E-state index contributed by atoms with van der Waals surface area (Å²) in [4.78, 5) is 16.2. The van der Waals surface area contributed by atoms with Crippen molar-refractivity contribution >= 4 is 16.7 Å². The highest BCUT2D eigenvalue weighted by Gasteiger charge is 2.15. The summed E-state index contributed by atoms with van der Waals surface area (Å²) in [6.07, 6.45) is 5.25. The van der Waals surface area contributed by atoms with E-state index in [9.17, 15) is 13.6 Å². The minimum absolute atomic E-state index is 0.207. The summed E-state index contributed by atoms with van der Waals surface area (Å²) in [6, 6.07) is 10.3. The predicted octanol–water partition coefficient (Wildman–Crippen LogP) is 4.72. The molecule has 0 radical (unpaired) electrons. The number of hydrogen-bond acceptors (Lipinski definition) is 4. The lowest BCUT2D eigenvalue weighted by Gasteiger charge is -2.22. The molecule has 164 valence electrons. The second kappa shape index (κ2) is 9.92. The van der Waals surface area contributed by atoms with Crippen LogP contribution in [0, 0.1) is 5.82 Å². The van der Waals surface area contributed by atoms with Gasteiger partial charge in [0.25, 0.3) is 0 Å². The molecule has 4 rings (SSSR count). The van der Waals surface area contributed by atoms with Crippen molar-refractivity contribution in [3.8, 4) is 5.75 Å². The van der Waals surface area contributed by atoms with Crippen molar-refractivity contribution in [3.05, 3.63) is 70.0 Å². The molecule has 0 saturated heterocycles. The zero-order valence-electron chi connectivity index (χ0n) is 17.3. The molecule has 1 aliphatic rings. The number of fused-ring (bicyclic) bond motifs is 2. The Labute approximate surface area is 179 Å². The molecule has 1 heterocycles. The van der Waals surface area contributed by atoms with Crippen LogP contribution in [-0.4, -0.2) is 42.8 Å². The number of halogens is 2. The van der Waals surface area contributed by atoms with Crippen molar-refractivity contribution in [1.82, 2.24) is 9.88 Å². The quantitative estimate of drug-likeness (QED) is 0.480. The number of ether oxygens (including phenoxy) is 1. The van der Waals surface area contributed by atoms with Crippen LogP contribution in [0.15, 0.2) is 51.7 Å². The molecule has 7 heteroatoms. The number of hydrogen-bond donors (Lipinski definition) is 1. The summed E-state index contributed by atoms with van der Waals surface area (Å²) in [5.41, 5.74) is 4.37. The van der Waals surface area contributed by atoms with Gasteiger partial charge in [-0.15, -0.1) is 0 Å². The van der Waals surface area contributed by atoms with E-state index < -0.39 is 5.76 Å². The van der Waals surface area contributed by atoms with E-state index in [1.165, 1.54) is 17.2 Å². The van der Waals surface area contributed by atoms with Crippen molar-refractivity contribution in [2.24, 2.45) is 0 Å². The number of para-hydroxylation sites is 1. The summed E-state index contributed by atoms with van der Waals surface area (Å²) in [7, 11) is 0. The Morgan fingerprint density at radius 1 is 1.13 bits per heavy atom. The van der Waals surface area contributed by atoms with Gasteiger partial charge in [-0.3, -0.25) is 14.3 Å². The summed E-state index contributed by atoms with van der Waals surface area (Å²) < 4.78 is 37.3. The SMILES string of the molecule is O=c1[nH]c2cccc(OCCN(CCCF)CCCC3=CCc4ccc(F)cc43)c2o1. The largest absolute Gasteiger partial charge is 0.488 e. The van der Waals surface area contributed by atoms with Crippen molar-refractivity contribution in [2.75, 3.05) is 32.9 Å². The predicted molar refractivity (Wildman–Crippen MR) is 117 cm³/mol. The first-order chi connectivity index (χ1) is 15.1. The van der Waals surface area contributed by atoms with Crippen molar-refractivity contribution in [1.29, 1.82) is 0 Å². The lowest BCUT2D eigenvalue weighted by Crippen LogP contribution is -2.31. The smallest absolute Gasteiger partial charge is 0.417 e. The van der Waals surface area contributed by atoms with Gasteiger partial charge in [-0.25, -0.2) is 9.18 Å². The van der Waals surface area contributed by atoms with Gasteiger partial charge in [0, 0.05) is 13.1 Å². The van der Waals surface area contributed by atoms with Crippen LogP contribution in [0.2, 0.25) is 0 Å². The molecule has 0 unspecified atom stereocenters. The average molecular weight is 428 g/mol. The molecule has 0 bridgehead atoms. The Morgan fingerprint density at radius 3 is 2.87 bits per heavy atom. The Bertz CT molecular complexity index is 1120. The van der Waals surface area contributed by atoms with Crippen LogP contribution in [-0.2, 0) is 6.42 Å². The van der Waals surface area contributed by atoms with Crippen LogP contribution in [0.4, 0.5) is 8.78 Å². The van der Waals surface area contributed by atoms with Gasteiger partial charge in [-0.05, 0) is 73.2 Å². The standard InChI is InChI=1S/C24H26F2N2O3/c25-11-3-13-28(12-2-4-17-7-8-18-9-10-19(26)16-20(17)18)14-15-30-22-6-1-5-21-23(22)31-24(29)27-21/h1,5-7,9-10,16H,2-4,8,11-15H2,(H,27,29). The molecule has 0 aliphatic heterocycles. The van der Waals surface area contributed by atoms with E-state index in [2.05, 4.69) is 16.0 Å². The number of oxazole rings is 1. The monoisotopic (exact) mass is 428 g/mol. The van der Waals surface area contributed by atoms with Gasteiger partial charge in [0.05, 0.1) is 12.2 Å². The molecule has 1 N–H and O–H groups in total. The van der Waals surface area contributed by atoms with Gasteiger partial charge < -0.3 is 9.15 Å². The van der Waals surface area contributed by atoms with Crippen LogP contribution < -0.4 is 10.5 Å². The number of nitrogens with zero attached hydrogens (tertiary/aromatic N) is 1. The minimum Gasteiger partial charge on any atom is -0.488 e. The Balaban J connectivity index is 1.30. The van der Waals surface area contributed by atoms with Crippen LogP contribution in [0.1, 0.15) is 30.4 Å². The fourth-order valence-corrected chi connectivity index (χ4v) is 4.06. The third-order valence-electron chi connectivity index (χ3n) is 5.59. The molecular formula is C24H26F2N2O3. The van der Waals surface area contributed by atoms with Crippen LogP contribution in [0.3, 0.4) is 0 Å². The molecule has 31 heavy (non-hydrogen) atoms. The zero-order valence-corrected chi connectivity index (χ0v) is 17.3. The average Bonchev–Trinajstić information content (AvgIpc) is 3.34. The Morgan fingerprint density at radius 2 is 2.00 bits per heavy atom. The summed E-state index contributed by atoms with van der Waals surface area (Å²) in [5, 5.41) is 0.